The molecule has 1 aliphatic carbocycles. The molecule has 1 unspecified atom stereocenters. The molecule has 2 aromatic rings. The molecular formula is C25H25ClF2N2O5S. The average Bonchev–Trinajstić information content (AvgIpc) is 3.27. The molecule has 2 aliphatic rings. The normalized spacial score (nSPS) is 20.9. The predicted molar refractivity (Wildman–Crippen MR) is 131 cm³/mol. The summed E-state index contributed by atoms with van der Waals surface area (Å²) in [6, 6.07) is 7.11. The van der Waals surface area contributed by atoms with Gasteiger partial charge in [0.2, 0.25) is 5.91 Å². The molecule has 0 saturated heterocycles. The summed E-state index contributed by atoms with van der Waals surface area (Å²) in [7, 11) is 0. The van der Waals surface area contributed by atoms with Crippen LogP contribution in [0.1, 0.15) is 41.6 Å². The van der Waals surface area contributed by atoms with E-state index in [-0.39, 0.29) is 30.0 Å². The second-order valence-corrected chi connectivity index (χ2v) is 10.5. The lowest BCUT2D eigenvalue weighted by atomic mass is 9.87. The zero-order chi connectivity index (χ0) is 25.8. The van der Waals surface area contributed by atoms with Gasteiger partial charge in [-0.25, -0.2) is 8.78 Å². The Labute approximate surface area is 215 Å². The minimum absolute atomic E-state index is 0.0346. The van der Waals surface area contributed by atoms with Crippen LogP contribution in [0.25, 0.3) is 0 Å². The molecule has 0 aromatic heterocycles. The third-order valence-corrected chi connectivity index (χ3v) is 7.82. The molecule has 0 spiro atoms. The van der Waals surface area contributed by atoms with Gasteiger partial charge in [-0.2, -0.15) is 0 Å². The van der Waals surface area contributed by atoms with Crippen LogP contribution in [0.3, 0.4) is 0 Å². The first kappa shape index (κ1) is 26.2. The maximum atomic E-state index is 14.5. The van der Waals surface area contributed by atoms with Crippen LogP contribution in [0.5, 0.6) is 5.75 Å². The van der Waals surface area contributed by atoms with Crippen LogP contribution in [0.2, 0.25) is 5.02 Å². The van der Waals surface area contributed by atoms with Crippen LogP contribution in [0, 0.1) is 17.6 Å². The number of aliphatic carboxylic acids is 1. The number of fused-ring (bicyclic) bond motifs is 1. The van der Waals surface area contributed by atoms with E-state index in [1.807, 2.05) is 12.1 Å². The Morgan fingerprint density at radius 2 is 1.75 bits per heavy atom. The standard InChI is InChI=1S/C25H25ClF2N2O5S/c26-15-4-1-14-9-22(36-21(14)10-15)24(32)30-8-7-29-23(31)17-11-19(28)20(12-18(17)27)35-16-5-2-13(3-6-16)25(33)34/h1,4,10-13,16,22H,2-3,5-9H2,(H,29,31)(H,30,32)(H,33,34). The Morgan fingerprint density at radius 1 is 1.03 bits per heavy atom. The first-order valence-corrected chi connectivity index (χ1v) is 12.9. The van der Waals surface area contributed by atoms with Crippen LogP contribution >= 0.6 is 23.4 Å². The molecular weight excluding hydrogens is 514 g/mol. The average molecular weight is 539 g/mol. The van der Waals surface area contributed by atoms with Gasteiger partial charge in [-0.05, 0) is 55.9 Å². The second-order valence-electron chi connectivity index (χ2n) is 8.80. The first-order chi connectivity index (χ1) is 17.2. The van der Waals surface area contributed by atoms with Gasteiger partial charge in [0.1, 0.15) is 5.82 Å². The molecule has 0 bridgehead atoms. The molecule has 192 valence electrons. The summed E-state index contributed by atoms with van der Waals surface area (Å²) in [5, 5.41) is 14.6. The fourth-order valence-electron chi connectivity index (χ4n) is 4.32. The zero-order valence-electron chi connectivity index (χ0n) is 19.2. The van der Waals surface area contributed by atoms with Crippen LogP contribution in [0.4, 0.5) is 8.78 Å². The lowest BCUT2D eigenvalue weighted by Gasteiger charge is -2.27. The highest BCUT2D eigenvalue weighted by atomic mass is 35.5. The molecule has 3 N–H and O–H groups in total. The number of carboxylic acid groups (broad SMARTS) is 1. The number of nitrogens with one attached hydrogen (secondary N) is 2. The van der Waals surface area contributed by atoms with Gasteiger partial charge in [0.15, 0.2) is 11.6 Å². The summed E-state index contributed by atoms with van der Waals surface area (Å²) in [6.07, 6.45) is 1.82. The van der Waals surface area contributed by atoms with Crippen LogP contribution in [0.15, 0.2) is 35.2 Å². The smallest absolute Gasteiger partial charge is 0.306 e. The summed E-state index contributed by atoms with van der Waals surface area (Å²) >= 11 is 7.42. The van der Waals surface area contributed by atoms with Gasteiger partial charge in [0, 0.05) is 29.1 Å². The highest BCUT2D eigenvalue weighted by Crippen LogP contribution is 2.38. The van der Waals surface area contributed by atoms with Crippen molar-refractivity contribution >= 4 is 41.1 Å². The number of hydrogen-bond acceptors (Lipinski definition) is 5. The number of carbonyl (C=O) groups excluding carboxylic acids is 2. The largest absolute Gasteiger partial charge is 0.487 e. The van der Waals surface area contributed by atoms with Crippen molar-refractivity contribution < 1.29 is 33.0 Å². The van der Waals surface area contributed by atoms with E-state index in [0.29, 0.717) is 37.1 Å². The van der Waals surface area contributed by atoms with E-state index in [2.05, 4.69) is 10.6 Å². The Morgan fingerprint density at radius 3 is 2.47 bits per heavy atom. The summed E-state index contributed by atoms with van der Waals surface area (Å²) in [4.78, 5) is 36.8. The number of halogens is 3. The first-order valence-electron chi connectivity index (χ1n) is 11.6. The fraction of sp³-hybridized carbons (Fsp3) is 0.400. The van der Waals surface area contributed by atoms with Crippen LogP contribution in [-0.4, -0.2) is 47.3 Å². The third-order valence-electron chi connectivity index (χ3n) is 6.29. The summed E-state index contributed by atoms with van der Waals surface area (Å²) in [5.74, 6) is -4.45. The summed E-state index contributed by atoms with van der Waals surface area (Å²) in [6.45, 7) is 0.163. The van der Waals surface area contributed by atoms with Crippen molar-refractivity contribution in [2.24, 2.45) is 5.92 Å². The summed E-state index contributed by atoms with van der Waals surface area (Å²) < 4.78 is 34.6. The van der Waals surface area contributed by atoms with Crippen molar-refractivity contribution in [3.63, 3.8) is 0 Å². The monoisotopic (exact) mass is 538 g/mol. The number of carbonyl (C=O) groups is 3. The molecule has 36 heavy (non-hydrogen) atoms. The lowest BCUT2D eigenvalue weighted by Crippen LogP contribution is -2.38. The quantitative estimate of drug-likeness (QED) is 0.435. The molecule has 7 nitrogen and oxygen atoms in total. The van der Waals surface area contributed by atoms with Gasteiger partial charge in [-0.3, -0.25) is 14.4 Å². The van der Waals surface area contributed by atoms with Crippen molar-refractivity contribution in [3.8, 4) is 5.75 Å². The lowest BCUT2D eigenvalue weighted by molar-refractivity contribution is -0.143. The molecule has 0 radical (unpaired) electrons. The highest BCUT2D eigenvalue weighted by molar-refractivity contribution is 8.01. The van der Waals surface area contributed by atoms with Gasteiger partial charge in [-0.1, -0.05) is 17.7 Å². The molecule has 1 atom stereocenters. The van der Waals surface area contributed by atoms with Crippen molar-refractivity contribution in [2.45, 2.75) is 48.4 Å². The number of amides is 2. The molecule has 1 aliphatic heterocycles. The van der Waals surface area contributed by atoms with E-state index in [1.165, 1.54) is 11.8 Å². The minimum Gasteiger partial charge on any atom is -0.487 e. The molecule has 2 aromatic carbocycles. The Bertz CT molecular complexity index is 1170. The number of thioether (sulfide) groups is 1. The maximum Gasteiger partial charge on any atom is 0.306 e. The Balaban J connectivity index is 1.23. The van der Waals surface area contributed by atoms with Gasteiger partial charge < -0.3 is 20.5 Å². The fourth-order valence-corrected chi connectivity index (χ4v) is 5.81. The molecule has 1 heterocycles. The molecule has 4 rings (SSSR count). The van der Waals surface area contributed by atoms with E-state index >= 15 is 0 Å². The number of benzene rings is 2. The van der Waals surface area contributed by atoms with Crippen molar-refractivity contribution in [1.29, 1.82) is 0 Å². The number of rotatable bonds is 8. The van der Waals surface area contributed by atoms with E-state index < -0.39 is 41.1 Å². The van der Waals surface area contributed by atoms with Gasteiger partial charge in [-0.15, -0.1) is 11.8 Å². The van der Waals surface area contributed by atoms with Crippen molar-refractivity contribution in [2.75, 3.05) is 13.1 Å². The Kier molecular flexibility index (Phi) is 8.35. The third kappa shape index (κ3) is 6.28. The number of hydrogen-bond donors (Lipinski definition) is 3. The minimum atomic E-state index is -0.939. The molecule has 11 heteroatoms. The van der Waals surface area contributed by atoms with Gasteiger partial charge >= 0.3 is 5.97 Å². The van der Waals surface area contributed by atoms with Crippen LogP contribution in [-0.2, 0) is 16.0 Å². The van der Waals surface area contributed by atoms with E-state index in [0.717, 1.165) is 22.6 Å². The van der Waals surface area contributed by atoms with Crippen molar-refractivity contribution in [3.05, 3.63) is 58.1 Å². The highest BCUT2D eigenvalue weighted by Gasteiger charge is 2.29. The second kappa shape index (κ2) is 11.5. The SMILES string of the molecule is O=C(NCCNC(=O)C1Cc2ccc(Cl)cc2S1)c1cc(F)c(OC2CCC(C(=O)O)CC2)cc1F. The number of ether oxygens (including phenoxy) is 1. The number of carboxylic acids is 1. The van der Waals surface area contributed by atoms with Gasteiger partial charge in [0.25, 0.3) is 5.91 Å². The predicted octanol–water partition coefficient (Wildman–Crippen LogP) is 4.20. The molecule has 2 amide bonds. The maximum absolute atomic E-state index is 14.5. The van der Waals surface area contributed by atoms with E-state index in [1.54, 1.807) is 6.07 Å². The molecule has 1 fully saturated rings. The van der Waals surface area contributed by atoms with E-state index in [4.69, 9.17) is 21.4 Å². The summed E-state index contributed by atoms with van der Waals surface area (Å²) in [5.41, 5.74) is 0.579. The topological polar surface area (TPSA) is 105 Å². The van der Waals surface area contributed by atoms with Crippen LogP contribution < -0.4 is 15.4 Å². The van der Waals surface area contributed by atoms with Crippen molar-refractivity contribution in [1.82, 2.24) is 10.6 Å². The van der Waals surface area contributed by atoms with E-state index in [9.17, 15) is 23.2 Å². The molecule has 1 saturated carbocycles. The van der Waals surface area contributed by atoms with Gasteiger partial charge in [0.05, 0.1) is 22.8 Å². The zero-order valence-corrected chi connectivity index (χ0v) is 20.8. The Hall–Kier alpha value is -2.85.